The van der Waals surface area contributed by atoms with Crippen molar-refractivity contribution in [2.75, 3.05) is 5.01 Å². The van der Waals surface area contributed by atoms with Crippen LogP contribution in [0.25, 0.3) is 0 Å². The van der Waals surface area contributed by atoms with Gasteiger partial charge in [-0.25, -0.2) is 0 Å². The maximum Gasteiger partial charge on any atom is 0.337 e. The first kappa shape index (κ1) is 11.3. The van der Waals surface area contributed by atoms with Crippen molar-refractivity contribution in [3.63, 3.8) is 0 Å². The standard InChI is InChI=1S/C11H11N3O3/c1-8-11(2,14(16)17)10(15)13(12-8)9-6-4-3-5-7-9/h3-7H,1-2H3. The van der Waals surface area contributed by atoms with Crippen LogP contribution < -0.4 is 5.01 Å². The Morgan fingerprint density at radius 3 is 2.41 bits per heavy atom. The number of nitrogens with zero attached hydrogens (tertiary/aromatic N) is 3. The minimum Gasteiger partial charge on any atom is -0.264 e. The fourth-order valence-corrected chi connectivity index (χ4v) is 1.61. The predicted molar refractivity (Wildman–Crippen MR) is 62.4 cm³/mol. The molecule has 1 aromatic carbocycles. The molecule has 2 rings (SSSR count). The monoisotopic (exact) mass is 233 g/mol. The van der Waals surface area contributed by atoms with Crippen LogP contribution in [0.3, 0.4) is 0 Å². The molecule has 1 unspecified atom stereocenters. The van der Waals surface area contributed by atoms with Gasteiger partial charge in [-0.15, -0.1) is 0 Å². The smallest absolute Gasteiger partial charge is 0.264 e. The second-order valence-electron chi connectivity index (χ2n) is 3.97. The lowest BCUT2D eigenvalue weighted by molar-refractivity contribution is -0.525. The molecular weight excluding hydrogens is 222 g/mol. The zero-order valence-electron chi connectivity index (χ0n) is 9.45. The number of rotatable bonds is 2. The SMILES string of the molecule is CC1=NN(c2ccccc2)C(=O)C1(C)[N+](=O)[O-]. The van der Waals surface area contributed by atoms with Crippen molar-refractivity contribution in [1.29, 1.82) is 0 Å². The molecule has 1 atom stereocenters. The molecule has 0 bridgehead atoms. The van der Waals surface area contributed by atoms with Gasteiger partial charge in [-0.2, -0.15) is 10.1 Å². The van der Waals surface area contributed by atoms with Crippen molar-refractivity contribution >= 4 is 17.3 Å². The van der Waals surface area contributed by atoms with Crippen molar-refractivity contribution in [2.45, 2.75) is 19.4 Å². The van der Waals surface area contributed by atoms with Crippen molar-refractivity contribution in [3.8, 4) is 0 Å². The van der Waals surface area contributed by atoms with E-state index < -0.39 is 16.4 Å². The van der Waals surface area contributed by atoms with Crippen molar-refractivity contribution in [2.24, 2.45) is 5.10 Å². The van der Waals surface area contributed by atoms with Crippen LogP contribution in [0.5, 0.6) is 0 Å². The molecule has 0 fully saturated rings. The molecule has 88 valence electrons. The quantitative estimate of drug-likeness (QED) is 0.573. The van der Waals surface area contributed by atoms with Gasteiger partial charge >= 0.3 is 11.4 Å². The molecule has 0 saturated heterocycles. The van der Waals surface area contributed by atoms with Crippen LogP contribution in [0.4, 0.5) is 5.69 Å². The molecule has 0 aromatic heterocycles. The Balaban J connectivity index is 2.44. The molecule has 0 N–H and O–H groups in total. The molecule has 17 heavy (non-hydrogen) atoms. The van der Waals surface area contributed by atoms with Crippen LogP contribution in [0.1, 0.15) is 13.8 Å². The summed E-state index contributed by atoms with van der Waals surface area (Å²) < 4.78 is 0. The maximum atomic E-state index is 12.0. The van der Waals surface area contributed by atoms with Crippen LogP contribution >= 0.6 is 0 Å². The summed E-state index contributed by atoms with van der Waals surface area (Å²) in [5.41, 5.74) is -1.03. The maximum absolute atomic E-state index is 12.0. The van der Waals surface area contributed by atoms with Crippen LogP contribution in [0, 0.1) is 10.1 Å². The summed E-state index contributed by atoms with van der Waals surface area (Å²) in [6.45, 7) is 2.76. The lowest BCUT2D eigenvalue weighted by Gasteiger charge is -2.15. The molecule has 1 aliphatic heterocycles. The average molecular weight is 233 g/mol. The third-order valence-electron chi connectivity index (χ3n) is 2.93. The number of nitro groups is 1. The van der Waals surface area contributed by atoms with Crippen LogP contribution in [0.2, 0.25) is 0 Å². The Labute approximate surface area is 97.7 Å². The lowest BCUT2D eigenvalue weighted by Crippen LogP contribution is -2.49. The predicted octanol–water partition coefficient (Wildman–Crippen LogP) is 1.44. The molecule has 0 aliphatic carbocycles. The summed E-state index contributed by atoms with van der Waals surface area (Å²) in [6.07, 6.45) is 0. The van der Waals surface area contributed by atoms with Gasteiger partial charge in [0.05, 0.1) is 5.69 Å². The normalized spacial score (nSPS) is 23.8. The van der Waals surface area contributed by atoms with Gasteiger partial charge in [0.2, 0.25) is 0 Å². The highest BCUT2D eigenvalue weighted by atomic mass is 16.6. The van der Waals surface area contributed by atoms with Crippen molar-refractivity contribution in [3.05, 3.63) is 40.4 Å². The van der Waals surface area contributed by atoms with Crippen LogP contribution in [0.15, 0.2) is 35.4 Å². The summed E-state index contributed by atoms with van der Waals surface area (Å²) in [4.78, 5) is 22.4. The summed E-state index contributed by atoms with van der Waals surface area (Å²) in [6, 6.07) is 8.65. The number of anilines is 1. The average Bonchev–Trinajstić information content (AvgIpc) is 2.56. The lowest BCUT2D eigenvalue weighted by atomic mass is 9.98. The molecule has 0 radical (unpaired) electrons. The summed E-state index contributed by atoms with van der Waals surface area (Å²) >= 11 is 0. The zero-order valence-corrected chi connectivity index (χ0v) is 9.45. The zero-order chi connectivity index (χ0) is 12.6. The Morgan fingerprint density at radius 1 is 1.35 bits per heavy atom. The van der Waals surface area contributed by atoms with E-state index in [1.165, 1.54) is 13.8 Å². The number of hydrogen-bond donors (Lipinski definition) is 0. The van der Waals surface area contributed by atoms with Gasteiger partial charge in [-0.05, 0) is 19.1 Å². The topological polar surface area (TPSA) is 75.8 Å². The molecule has 1 amide bonds. The molecule has 1 aliphatic rings. The molecule has 6 heteroatoms. The van der Waals surface area contributed by atoms with Gasteiger partial charge in [0.15, 0.2) is 0 Å². The Hall–Kier alpha value is -2.24. The van der Waals surface area contributed by atoms with Crippen LogP contribution in [-0.4, -0.2) is 22.1 Å². The minimum atomic E-state index is -1.75. The number of hydrogen-bond acceptors (Lipinski definition) is 4. The van der Waals surface area contributed by atoms with Gasteiger partial charge < -0.3 is 0 Å². The molecule has 1 aromatic rings. The van der Waals surface area contributed by atoms with E-state index in [2.05, 4.69) is 5.10 Å². The molecule has 1 heterocycles. The third-order valence-corrected chi connectivity index (χ3v) is 2.93. The fourth-order valence-electron chi connectivity index (χ4n) is 1.61. The largest absolute Gasteiger partial charge is 0.337 e. The Morgan fingerprint density at radius 2 is 1.94 bits per heavy atom. The molecule has 0 spiro atoms. The minimum absolute atomic E-state index is 0.191. The molecular formula is C11H11N3O3. The third kappa shape index (κ3) is 1.49. The summed E-state index contributed by atoms with van der Waals surface area (Å²) in [5.74, 6) is -0.633. The number of benzene rings is 1. The molecule has 0 saturated carbocycles. The fraction of sp³-hybridized carbons (Fsp3) is 0.273. The van der Waals surface area contributed by atoms with Gasteiger partial charge in [0.1, 0.15) is 5.71 Å². The molecule has 6 nitrogen and oxygen atoms in total. The highest BCUT2D eigenvalue weighted by Gasteiger charge is 2.56. The van der Waals surface area contributed by atoms with E-state index >= 15 is 0 Å². The van der Waals surface area contributed by atoms with Gasteiger partial charge in [-0.1, -0.05) is 18.2 Å². The number of amides is 1. The van der Waals surface area contributed by atoms with E-state index in [1.807, 2.05) is 0 Å². The van der Waals surface area contributed by atoms with E-state index in [4.69, 9.17) is 0 Å². The van der Waals surface area contributed by atoms with Gasteiger partial charge in [0, 0.05) is 11.8 Å². The second-order valence-corrected chi connectivity index (χ2v) is 3.97. The Bertz CT molecular complexity index is 512. The summed E-state index contributed by atoms with van der Waals surface area (Å²) in [5, 5.41) is 16.1. The van der Waals surface area contributed by atoms with E-state index in [9.17, 15) is 14.9 Å². The second kappa shape index (κ2) is 3.65. The van der Waals surface area contributed by atoms with Gasteiger partial charge in [-0.3, -0.25) is 14.9 Å². The summed E-state index contributed by atoms with van der Waals surface area (Å²) in [7, 11) is 0. The highest BCUT2D eigenvalue weighted by Crippen LogP contribution is 2.28. The van der Waals surface area contributed by atoms with Crippen molar-refractivity contribution in [1.82, 2.24) is 0 Å². The number of para-hydroxylation sites is 1. The van der Waals surface area contributed by atoms with Gasteiger partial charge in [0.25, 0.3) is 0 Å². The first-order valence-electron chi connectivity index (χ1n) is 5.07. The van der Waals surface area contributed by atoms with Crippen molar-refractivity contribution < 1.29 is 9.72 Å². The number of hydrazone groups is 1. The van der Waals surface area contributed by atoms with E-state index in [0.717, 1.165) is 5.01 Å². The van der Waals surface area contributed by atoms with E-state index in [-0.39, 0.29) is 5.71 Å². The first-order valence-corrected chi connectivity index (χ1v) is 5.07. The van der Waals surface area contributed by atoms with E-state index in [1.54, 1.807) is 30.3 Å². The van der Waals surface area contributed by atoms with E-state index in [0.29, 0.717) is 5.69 Å². The number of carbonyl (C=O) groups excluding carboxylic acids is 1. The number of carbonyl (C=O) groups is 1. The highest BCUT2D eigenvalue weighted by molar-refractivity contribution is 6.20. The van der Waals surface area contributed by atoms with Crippen LogP contribution in [-0.2, 0) is 4.79 Å². The first-order chi connectivity index (χ1) is 7.98. The Kier molecular flexibility index (Phi) is 2.42.